The largest absolute Gasteiger partial charge is 0.391 e. The topological polar surface area (TPSA) is 38.7 Å². The number of aliphatic hydroxyl groups is 1. The third-order valence-electron chi connectivity index (χ3n) is 2.73. The molecule has 0 aliphatic carbocycles. The zero-order valence-electron chi connectivity index (χ0n) is 7.40. The Morgan fingerprint density at radius 2 is 2.25 bits per heavy atom. The van der Waals surface area contributed by atoms with E-state index in [1.807, 2.05) is 0 Å². The minimum Gasteiger partial charge on any atom is -0.391 e. The van der Waals surface area contributed by atoms with Crippen LogP contribution in [0.25, 0.3) is 0 Å². The van der Waals surface area contributed by atoms with E-state index < -0.39 is 0 Å². The van der Waals surface area contributed by atoms with Crippen molar-refractivity contribution in [3.05, 3.63) is 0 Å². The Bertz CT molecular complexity index is 144. The molecule has 0 bridgehead atoms. The first-order valence-corrected chi connectivity index (χ1v) is 4.72. The molecule has 0 aromatic heterocycles. The highest BCUT2D eigenvalue weighted by Crippen LogP contribution is 2.31. The van der Waals surface area contributed by atoms with E-state index in [1.54, 1.807) is 6.92 Å². The van der Waals surface area contributed by atoms with E-state index in [4.69, 9.17) is 9.47 Å². The SMILES string of the molecule is C[C@H](O)[C@@H]1CC2OCCCC2O1. The monoisotopic (exact) mass is 172 g/mol. The van der Waals surface area contributed by atoms with Gasteiger partial charge in [-0.3, -0.25) is 0 Å². The van der Waals surface area contributed by atoms with Crippen molar-refractivity contribution in [2.75, 3.05) is 6.61 Å². The maximum atomic E-state index is 9.32. The van der Waals surface area contributed by atoms with Crippen LogP contribution < -0.4 is 0 Å². The highest BCUT2D eigenvalue weighted by Gasteiger charge is 2.39. The number of fused-ring (bicyclic) bond motifs is 1. The lowest BCUT2D eigenvalue weighted by atomic mass is 10.0. The normalized spacial score (nSPS) is 44.0. The molecule has 1 N–H and O–H groups in total. The summed E-state index contributed by atoms with van der Waals surface area (Å²) in [5.74, 6) is 0. The predicted molar refractivity (Wildman–Crippen MR) is 43.9 cm³/mol. The molecule has 3 nitrogen and oxygen atoms in total. The lowest BCUT2D eigenvalue weighted by Crippen LogP contribution is -2.29. The molecule has 3 heteroatoms. The van der Waals surface area contributed by atoms with E-state index in [2.05, 4.69) is 0 Å². The molecule has 0 saturated carbocycles. The van der Waals surface area contributed by atoms with Gasteiger partial charge in [0.05, 0.1) is 24.4 Å². The molecule has 2 aliphatic heterocycles. The highest BCUT2D eigenvalue weighted by atomic mass is 16.6. The van der Waals surface area contributed by atoms with Gasteiger partial charge in [-0.25, -0.2) is 0 Å². The van der Waals surface area contributed by atoms with Gasteiger partial charge < -0.3 is 14.6 Å². The molecule has 2 fully saturated rings. The first kappa shape index (κ1) is 8.48. The van der Waals surface area contributed by atoms with E-state index in [9.17, 15) is 5.11 Å². The average molecular weight is 172 g/mol. The van der Waals surface area contributed by atoms with Gasteiger partial charge >= 0.3 is 0 Å². The van der Waals surface area contributed by atoms with E-state index in [-0.39, 0.29) is 24.4 Å². The molecule has 12 heavy (non-hydrogen) atoms. The van der Waals surface area contributed by atoms with Crippen LogP contribution in [0.1, 0.15) is 26.2 Å². The quantitative estimate of drug-likeness (QED) is 0.633. The second-order valence-electron chi connectivity index (χ2n) is 3.74. The first-order valence-electron chi connectivity index (χ1n) is 4.72. The molecule has 0 spiro atoms. The van der Waals surface area contributed by atoms with Gasteiger partial charge in [0.25, 0.3) is 0 Å². The van der Waals surface area contributed by atoms with Crippen LogP contribution in [-0.2, 0) is 9.47 Å². The molecule has 2 aliphatic rings. The Morgan fingerprint density at radius 3 is 2.92 bits per heavy atom. The van der Waals surface area contributed by atoms with E-state index in [0.717, 1.165) is 25.9 Å². The third kappa shape index (κ3) is 1.49. The Balaban J connectivity index is 1.94. The molecule has 2 saturated heterocycles. The standard InChI is InChI=1S/C9H16O3/c1-6(10)8-5-9-7(12-8)3-2-4-11-9/h6-10H,2-5H2,1H3/t6-,7?,8-,9?/m0/s1. The Morgan fingerprint density at radius 1 is 1.42 bits per heavy atom. The van der Waals surface area contributed by atoms with Crippen LogP contribution in [0.2, 0.25) is 0 Å². The molecule has 0 aromatic rings. The second kappa shape index (κ2) is 3.32. The van der Waals surface area contributed by atoms with Crippen molar-refractivity contribution >= 4 is 0 Å². The van der Waals surface area contributed by atoms with Crippen molar-refractivity contribution < 1.29 is 14.6 Å². The Kier molecular flexibility index (Phi) is 2.35. The molecular formula is C9H16O3. The van der Waals surface area contributed by atoms with Gasteiger partial charge in [-0.1, -0.05) is 0 Å². The fourth-order valence-electron chi connectivity index (χ4n) is 2.01. The number of hydrogen-bond acceptors (Lipinski definition) is 3. The van der Waals surface area contributed by atoms with Gasteiger partial charge in [0, 0.05) is 13.0 Å². The average Bonchev–Trinajstić information content (AvgIpc) is 2.46. The number of aliphatic hydroxyl groups excluding tert-OH is 1. The Labute approximate surface area is 72.7 Å². The summed E-state index contributed by atoms with van der Waals surface area (Å²) in [6.07, 6.45) is 3.18. The lowest BCUT2D eigenvalue weighted by Gasteiger charge is -2.23. The van der Waals surface area contributed by atoms with Crippen molar-refractivity contribution in [2.24, 2.45) is 0 Å². The van der Waals surface area contributed by atoms with Crippen LogP contribution in [-0.4, -0.2) is 36.1 Å². The molecular weight excluding hydrogens is 156 g/mol. The second-order valence-corrected chi connectivity index (χ2v) is 3.74. The van der Waals surface area contributed by atoms with Gasteiger partial charge in [0.2, 0.25) is 0 Å². The van der Waals surface area contributed by atoms with Crippen molar-refractivity contribution in [2.45, 2.75) is 50.6 Å². The summed E-state index contributed by atoms with van der Waals surface area (Å²) >= 11 is 0. The zero-order valence-corrected chi connectivity index (χ0v) is 7.40. The van der Waals surface area contributed by atoms with Gasteiger partial charge in [-0.2, -0.15) is 0 Å². The fourth-order valence-corrected chi connectivity index (χ4v) is 2.01. The number of ether oxygens (including phenoxy) is 2. The highest BCUT2D eigenvalue weighted by molar-refractivity contribution is 4.87. The fraction of sp³-hybridized carbons (Fsp3) is 1.00. The molecule has 4 atom stereocenters. The summed E-state index contributed by atoms with van der Waals surface area (Å²) in [5, 5.41) is 9.32. The zero-order chi connectivity index (χ0) is 8.55. The molecule has 0 radical (unpaired) electrons. The summed E-state index contributed by atoms with van der Waals surface area (Å²) in [6, 6.07) is 0. The van der Waals surface area contributed by atoms with Crippen LogP contribution in [0, 0.1) is 0 Å². The van der Waals surface area contributed by atoms with Crippen LogP contribution in [0.3, 0.4) is 0 Å². The first-order chi connectivity index (χ1) is 5.77. The smallest absolute Gasteiger partial charge is 0.0862 e. The van der Waals surface area contributed by atoms with Crippen LogP contribution in [0.15, 0.2) is 0 Å². The van der Waals surface area contributed by atoms with E-state index in [1.165, 1.54) is 0 Å². The van der Waals surface area contributed by atoms with Crippen molar-refractivity contribution in [1.29, 1.82) is 0 Å². The van der Waals surface area contributed by atoms with Gasteiger partial charge in [-0.05, 0) is 19.8 Å². The van der Waals surface area contributed by atoms with Gasteiger partial charge in [-0.15, -0.1) is 0 Å². The molecule has 2 unspecified atom stereocenters. The summed E-state index contributed by atoms with van der Waals surface area (Å²) in [7, 11) is 0. The van der Waals surface area contributed by atoms with Crippen LogP contribution in [0.4, 0.5) is 0 Å². The van der Waals surface area contributed by atoms with Crippen molar-refractivity contribution in [3.8, 4) is 0 Å². The van der Waals surface area contributed by atoms with Crippen LogP contribution in [0.5, 0.6) is 0 Å². The van der Waals surface area contributed by atoms with Crippen molar-refractivity contribution in [3.63, 3.8) is 0 Å². The summed E-state index contributed by atoms with van der Waals surface area (Å²) in [6.45, 7) is 2.64. The number of hydrogen-bond donors (Lipinski definition) is 1. The molecule has 0 aromatic carbocycles. The summed E-state index contributed by atoms with van der Waals surface area (Å²) < 4.78 is 11.2. The van der Waals surface area contributed by atoms with Crippen molar-refractivity contribution in [1.82, 2.24) is 0 Å². The predicted octanol–water partition coefficient (Wildman–Crippen LogP) is 0.704. The summed E-state index contributed by atoms with van der Waals surface area (Å²) in [4.78, 5) is 0. The van der Waals surface area contributed by atoms with Crippen LogP contribution >= 0.6 is 0 Å². The molecule has 0 amide bonds. The van der Waals surface area contributed by atoms with E-state index in [0.29, 0.717) is 0 Å². The maximum absolute atomic E-state index is 9.32. The molecule has 70 valence electrons. The molecule has 2 heterocycles. The minimum atomic E-state index is -0.362. The number of rotatable bonds is 1. The Hall–Kier alpha value is -0.120. The molecule has 2 rings (SSSR count). The lowest BCUT2D eigenvalue weighted by molar-refractivity contribution is -0.0742. The van der Waals surface area contributed by atoms with Gasteiger partial charge in [0.1, 0.15) is 0 Å². The maximum Gasteiger partial charge on any atom is 0.0862 e. The van der Waals surface area contributed by atoms with Gasteiger partial charge in [0.15, 0.2) is 0 Å². The minimum absolute atomic E-state index is 0.00176. The van der Waals surface area contributed by atoms with E-state index >= 15 is 0 Å². The summed E-state index contributed by atoms with van der Waals surface area (Å²) in [5.41, 5.74) is 0. The third-order valence-corrected chi connectivity index (χ3v) is 2.73.